The number of nitrogens with zero attached hydrogens (tertiary/aromatic N) is 1. The van der Waals surface area contributed by atoms with Gasteiger partial charge in [-0.05, 0) is 34.1 Å². The molecule has 1 aromatic heterocycles. The summed E-state index contributed by atoms with van der Waals surface area (Å²) in [6.07, 6.45) is 1.01. The fraction of sp³-hybridized carbons (Fsp3) is 0.308. The van der Waals surface area contributed by atoms with Crippen LogP contribution in [0.4, 0.5) is 0 Å². The maximum absolute atomic E-state index is 5.24. The molecule has 0 saturated carbocycles. The first kappa shape index (κ1) is 11.7. The van der Waals surface area contributed by atoms with Gasteiger partial charge in [-0.15, -0.1) is 0 Å². The van der Waals surface area contributed by atoms with Crippen LogP contribution in [0.2, 0.25) is 0 Å². The number of ether oxygens (including phenoxy) is 1. The van der Waals surface area contributed by atoms with E-state index in [1.807, 2.05) is 18.2 Å². The molecule has 3 rings (SSSR count). The van der Waals surface area contributed by atoms with Crippen LogP contribution in [0.25, 0.3) is 11.3 Å². The molecule has 1 aliphatic heterocycles. The van der Waals surface area contributed by atoms with Gasteiger partial charge >= 0.3 is 0 Å². The predicted octanol–water partition coefficient (Wildman–Crippen LogP) is 2.49. The van der Waals surface area contributed by atoms with Crippen LogP contribution < -0.4 is 10.1 Å². The molecule has 5 heteroatoms. The Labute approximate surface area is 114 Å². The third-order valence-electron chi connectivity index (χ3n) is 3.23. The monoisotopic (exact) mass is 307 g/mol. The normalized spacial score (nSPS) is 14.3. The second kappa shape index (κ2) is 4.74. The van der Waals surface area contributed by atoms with E-state index in [2.05, 4.69) is 31.4 Å². The minimum absolute atomic E-state index is 0.835. The molecule has 0 spiro atoms. The Kier molecular flexibility index (Phi) is 3.09. The molecule has 2 heterocycles. The smallest absolute Gasteiger partial charge is 0.133 e. The van der Waals surface area contributed by atoms with E-state index >= 15 is 0 Å². The van der Waals surface area contributed by atoms with Gasteiger partial charge in [-0.2, -0.15) is 5.10 Å². The predicted molar refractivity (Wildman–Crippen MR) is 73.7 cm³/mol. The van der Waals surface area contributed by atoms with Crippen LogP contribution in [0.15, 0.2) is 22.7 Å². The van der Waals surface area contributed by atoms with Crippen LogP contribution in [-0.4, -0.2) is 23.9 Å². The minimum atomic E-state index is 0.835. The van der Waals surface area contributed by atoms with Crippen LogP contribution in [0, 0.1) is 0 Å². The van der Waals surface area contributed by atoms with Gasteiger partial charge in [0.05, 0.1) is 17.3 Å². The average Bonchev–Trinajstić information content (AvgIpc) is 2.82. The maximum atomic E-state index is 5.24. The molecule has 0 fully saturated rings. The summed E-state index contributed by atoms with van der Waals surface area (Å²) in [7, 11) is 1.67. The lowest BCUT2D eigenvalue weighted by atomic mass is 10.0. The zero-order valence-electron chi connectivity index (χ0n) is 10.1. The van der Waals surface area contributed by atoms with Crippen molar-refractivity contribution in [1.29, 1.82) is 0 Å². The molecule has 2 aromatic rings. The number of rotatable bonds is 2. The molecular weight excluding hydrogens is 294 g/mol. The molecule has 1 aromatic carbocycles. The van der Waals surface area contributed by atoms with Gasteiger partial charge in [-0.1, -0.05) is 0 Å². The van der Waals surface area contributed by atoms with Crippen molar-refractivity contribution in [2.75, 3.05) is 13.7 Å². The van der Waals surface area contributed by atoms with Crippen molar-refractivity contribution in [2.24, 2.45) is 0 Å². The second-order valence-corrected chi connectivity index (χ2v) is 5.16. The SMILES string of the molecule is COc1ccc(-c2n[nH]c3c2CNCC3)cc1Br. The van der Waals surface area contributed by atoms with E-state index in [0.29, 0.717) is 0 Å². The largest absolute Gasteiger partial charge is 0.496 e. The van der Waals surface area contributed by atoms with E-state index in [-0.39, 0.29) is 0 Å². The Morgan fingerprint density at radius 3 is 3.06 bits per heavy atom. The number of methoxy groups -OCH3 is 1. The van der Waals surface area contributed by atoms with Crippen LogP contribution >= 0.6 is 15.9 Å². The maximum Gasteiger partial charge on any atom is 0.133 e. The number of fused-ring (bicyclic) bond motifs is 1. The summed E-state index contributed by atoms with van der Waals surface area (Å²) >= 11 is 3.51. The summed E-state index contributed by atoms with van der Waals surface area (Å²) in [6.45, 7) is 1.89. The Hall–Kier alpha value is -1.33. The molecule has 94 valence electrons. The molecule has 0 saturated heterocycles. The topological polar surface area (TPSA) is 49.9 Å². The summed E-state index contributed by atoms with van der Waals surface area (Å²) in [5.74, 6) is 0.835. The summed E-state index contributed by atoms with van der Waals surface area (Å²) in [5, 5.41) is 11.0. The lowest BCUT2D eigenvalue weighted by Crippen LogP contribution is -2.23. The summed E-state index contributed by atoms with van der Waals surface area (Å²) in [4.78, 5) is 0. The van der Waals surface area contributed by atoms with Crippen LogP contribution in [0.5, 0.6) is 5.75 Å². The lowest BCUT2D eigenvalue weighted by Gasteiger charge is -2.13. The standard InChI is InChI=1S/C13H14BrN3O/c1-18-12-3-2-8(6-10(12)14)13-9-7-15-5-4-11(9)16-17-13/h2-3,6,15H,4-5,7H2,1H3,(H,16,17). The van der Waals surface area contributed by atoms with Gasteiger partial charge in [-0.3, -0.25) is 5.10 Å². The fourth-order valence-corrected chi connectivity index (χ4v) is 2.82. The van der Waals surface area contributed by atoms with E-state index in [9.17, 15) is 0 Å². The molecule has 18 heavy (non-hydrogen) atoms. The summed E-state index contributed by atoms with van der Waals surface area (Å²) in [5.41, 5.74) is 4.65. The highest BCUT2D eigenvalue weighted by molar-refractivity contribution is 9.10. The number of benzene rings is 1. The zero-order chi connectivity index (χ0) is 12.5. The number of aromatic nitrogens is 2. The first-order valence-corrected chi connectivity index (χ1v) is 6.69. The third-order valence-corrected chi connectivity index (χ3v) is 3.85. The van der Waals surface area contributed by atoms with Crippen LogP contribution in [0.1, 0.15) is 11.3 Å². The molecule has 0 atom stereocenters. The minimum Gasteiger partial charge on any atom is -0.496 e. The van der Waals surface area contributed by atoms with E-state index in [4.69, 9.17) is 4.74 Å². The van der Waals surface area contributed by atoms with Crippen LogP contribution in [0.3, 0.4) is 0 Å². The number of hydrogen-bond acceptors (Lipinski definition) is 3. The second-order valence-electron chi connectivity index (χ2n) is 4.31. The molecular formula is C13H14BrN3O. The summed E-state index contributed by atoms with van der Waals surface area (Å²) < 4.78 is 6.19. The Balaban J connectivity index is 2.04. The number of aromatic amines is 1. The van der Waals surface area contributed by atoms with Gasteiger partial charge in [0.1, 0.15) is 5.75 Å². The van der Waals surface area contributed by atoms with E-state index in [0.717, 1.165) is 41.0 Å². The Bertz CT molecular complexity index is 580. The highest BCUT2D eigenvalue weighted by Gasteiger charge is 2.18. The van der Waals surface area contributed by atoms with Crippen molar-refractivity contribution in [3.05, 3.63) is 33.9 Å². The Morgan fingerprint density at radius 2 is 2.28 bits per heavy atom. The van der Waals surface area contributed by atoms with E-state index in [1.165, 1.54) is 11.3 Å². The van der Waals surface area contributed by atoms with E-state index in [1.54, 1.807) is 7.11 Å². The lowest BCUT2D eigenvalue weighted by molar-refractivity contribution is 0.412. The van der Waals surface area contributed by atoms with Gasteiger partial charge in [0.25, 0.3) is 0 Å². The number of H-pyrrole nitrogens is 1. The molecule has 0 radical (unpaired) electrons. The van der Waals surface area contributed by atoms with Crippen molar-refractivity contribution in [3.8, 4) is 17.0 Å². The molecule has 2 N–H and O–H groups in total. The van der Waals surface area contributed by atoms with Gasteiger partial charge < -0.3 is 10.1 Å². The quantitative estimate of drug-likeness (QED) is 0.896. The van der Waals surface area contributed by atoms with Gasteiger partial charge in [0.2, 0.25) is 0 Å². The average molecular weight is 308 g/mol. The Morgan fingerprint density at radius 1 is 1.39 bits per heavy atom. The number of nitrogens with one attached hydrogen (secondary N) is 2. The first-order chi connectivity index (χ1) is 8.79. The highest BCUT2D eigenvalue weighted by atomic mass is 79.9. The van der Waals surface area contributed by atoms with Crippen molar-refractivity contribution in [2.45, 2.75) is 13.0 Å². The summed E-state index contributed by atoms with van der Waals surface area (Å²) in [6, 6.07) is 6.04. The van der Waals surface area contributed by atoms with Crippen molar-refractivity contribution < 1.29 is 4.74 Å². The number of hydrogen-bond donors (Lipinski definition) is 2. The molecule has 1 aliphatic rings. The van der Waals surface area contributed by atoms with Gasteiger partial charge in [0, 0.05) is 36.3 Å². The molecule has 0 unspecified atom stereocenters. The van der Waals surface area contributed by atoms with Crippen LogP contribution in [-0.2, 0) is 13.0 Å². The van der Waals surface area contributed by atoms with Gasteiger partial charge in [-0.25, -0.2) is 0 Å². The fourth-order valence-electron chi connectivity index (χ4n) is 2.28. The molecule has 0 bridgehead atoms. The molecule has 4 nitrogen and oxygen atoms in total. The highest BCUT2D eigenvalue weighted by Crippen LogP contribution is 2.32. The number of halogens is 1. The van der Waals surface area contributed by atoms with Gasteiger partial charge in [0.15, 0.2) is 0 Å². The van der Waals surface area contributed by atoms with Crippen molar-refractivity contribution in [1.82, 2.24) is 15.5 Å². The third kappa shape index (κ3) is 1.93. The van der Waals surface area contributed by atoms with Crippen molar-refractivity contribution >= 4 is 15.9 Å². The molecule has 0 aliphatic carbocycles. The zero-order valence-corrected chi connectivity index (χ0v) is 11.7. The van der Waals surface area contributed by atoms with Crippen molar-refractivity contribution in [3.63, 3.8) is 0 Å². The molecule has 0 amide bonds. The first-order valence-electron chi connectivity index (χ1n) is 5.90. The van der Waals surface area contributed by atoms with E-state index < -0.39 is 0 Å².